The molecule has 1 unspecified atom stereocenters. The van der Waals surface area contributed by atoms with E-state index in [2.05, 4.69) is 4.74 Å². The van der Waals surface area contributed by atoms with Gasteiger partial charge in [-0.1, -0.05) is 0 Å². The highest BCUT2D eigenvalue weighted by molar-refractivity contribution is 7.91. The van der Waals surface area contributed by atoms with Crippen LogP contribution in [0.25, 0.3) is 0 Å². The van der Waals surface area contributed by atoms with Crippen molar-refractivity contribution < 1.29 is 23.1 Å². The van der Waals surface area contributed by atoms with Gasteiger partial charge in [0.1, 0.15) is 0 Å². The first-order valence-electron chi connectivity index (χ1n) is 4.50. The molecule has 1 heterocycles. The van der Waals surface area contributed by atoms with E-state index < -0.39 is 27.2 Å². The van der Waals surface area contributed by atoms with Gasteiger partial charge in [0.25, 0.3) is 0 Å². The molecular weight excluding hydrogens is 208 g/mol. The molecule has 82 valence electrons. The molecule has 0 aromatic carbocycles. The second kappa shape index (κ2) is 3.86. The van der Waals surface area contributed by atoms with Crippen LogP contribution in [0.15, 0.2) is 0 Å². The fourth-order valence-electron chi connectivity index (χ4n) is 1.52. The molecule has 0 radical (unpaired) electrons. The Bertz CT molecular complexity index is 321. The average Bonchev–Trinajstić information content (AvgIpc) is 2.02. The molecule has 5 nitrogen and oxygen atoms in total. The number of carbonyl (C=O) groups is 1. The van der Waals surface area contributed by atoms with Gasteiger partial charge in [-0.25, -0.2) is 13.2 Å². The monoisotopic (exact) mass is 222 g/mol. The van der Waals surface area contributed by atoms with E-state index in [0.29, 0.717) is 6.42 Å². The van der Waals surface area contributed by atoms with E-state index in [1.165, 1.54) is 0 Å². The van der Waals surface area contributed by atoms with Gasteiger partial charge in [-0.05, 0) is 19.8 Å². The maximum atomic E-state index is 11.3. The molecule has 0 saturated carbocycles. The third kappa shape index (κ3) is 2.45. The fourth-order valence-corrected chi connectivity index (χ4v) is 3.24. The Labute approximate surface area is 83.0 Å². The molecule has 0 aliphatic carbocycles. The normalized spacial score (nSPS) is 31.0. The van der Waals surface area contributed by atoms with Crippen LogP contribution >= 0.6 is 0 Å². The first-order valence-corrected chi connectivity index (χ1v) is 6.32. The van der Waals surface area contributed by atoms with Gasteiger partial charge in [0, 0.05) is 0 Å². The minimum Gasteiger partial charge on any atom is -0.464 e. The number of hydrogen-bond donors (Lipinski definition) is 1. The van der Waals surface area contributed by atoms with E-state index in [1.807, 2.05) is 0 Å². The summed E-state index contributed by atoms with van der Waals surface area (Å²) >= 11 is 0. The maximum Gasteiger partial charge on any atom is 0.339 e. The van der Waals surface area contributed by atoms with Gasteiger partial charge in [0.05, 0.1) is 18.1 Å². The van der Waals surface area contributed by atoms with Crippen molar-refractivity contribution in [2.45, 2.75) is 25.4 Å². The summed E-state index contributed by atoms with van der Waals surface area (Å²) in [6, 6.07) is 0. The molecule has 0 spiro atoms. The van der Waals surface area contributed by atoms with E-state index in [9.17, 15) is 18.3 Å². The zero-order valence-corrected chi connectivity index (χ0v) is 8.84. The number of carbonyl (C=O) groups excluding carboxylic acids is 1. The Balaban J connectivity index is 2.79. The van der Waals surface area contributed by atoms with Crippen LogP contribution in [0.5, 0.6) is 0 Å². The Morgan fingerprint density at radius 3 is 2.71 bits per heavy atom. The predicted octanol–water partition coefficient (Wildman–Crippen LogP) is -0.511. The van der Waals surface area contributed by atoms with Gasteiger partial charge in [0.2, 0.25) is 0 Å². The van der Waals surface area contributed by atoms with Crippen molar-refractivity contribution >= 4 is 15.8 Å². The van der Waals surface area contributed by atoms with Crippen molar-refractivity contribution in [1.29, 1.82) is 0 Å². The zero-order valence-electron chi connectivity index (χ0n) is 8.02. The Hall–Kier alpha value is -0.620. The van der Waals surface area contributed by atoms with Crippen LogP contribution in [-0.4, -0.2) is 43.2 Å². The van der Waals surface area contributed by atoms with Crippen LogP contribution in [0.4, 0.5) is 0 Å². The van der Waals surface area contributed by atoms with E-state index in [1.54, 1.807) is 6.92 Å². The molecule has 0 aromatic rings. The molecule has 14 heavy (non-hydrogen) atoms. The predicted molar refractivity (Wildman–Crippen MR) is 49.5 cm³/mol. The quantitative estimate of drug-likeness (QED) is 0.636. The van der Waals surface area contributed by atoms with Crippen LogP contribution in [-0.2, 0) is 19.4 Å². The number of esters is 1. The van der Waals surface area contributed by atoms with Crippen molar-refractivity contribution in [1.82, 2.24) is 0 Å². The van der Waals surface area contributed by atoms with Crippen LogP contribution in [0, 0.1) is 0 Å². The smallest absolute Gasteiger partial charge is 0.339 e. The van der Waals surface area contributed by atoms with Gasteiger partial charge in [-0.2, -0.15) is 0 Å². The zero-order chi connectivity index (χ0) is 10.8. The van der Waals surface area contributed by atoms with Crippen molar-refractivity contribution in [3.8, 4) is 0 Å². The molecule has 0 bridgehead atoms. The lowest BCUT2D eigenvalue weighted by Gasteiger charge is -2.29. The summed E-state index contributed by atoms with van der Waals surface area (Å²) in [4.78, 5) is 11.3. The van der Waals surface area contributed by atoms with Crippen LogP contribution in [0.2, 0.25) is 0 Å². The van der Waals surface area contributed by atoms with Crippen LogP contribution in [0.1, 0.15) is 19.8 Å². The summed E-state index contributed by atoms with van der Waals surface area (Å²) in [5.74, 6) is -1.31. The molecule has 1 aliphatic heterocycles. The highest BCUT2D eigenvalue weighted by atomic mass is 32.2. The Kier molecular flexibility index (Phi) is 3.16. The second-order valence-electron chi connectivity index (χ2n) is 3.45. The topological polar surface area (TPSA) is 80.7 Å². The lowest BCUT2D eigenvalue weighted by Crippen LogP contribution is -2.49. The molecule has 1 atom stereocenters. The lowest BCUT2D eigenvalue weighted by atomic mass is 10.0. The van der Waals surface area contributed by atoms with E-state index in [0.717, 1.165) is 0 Å². The van der Waals surface area contributed by atoms with E-state index in [-0.39, 0.29) is 18.8 Å². The van der Waals surface area contributed by atoms with E-state index in [4.69, 9.17) is 0 Å². The molecule has 1 saturated heterocycles. The summed E-state index contributed by atoms with van der Waals surface area (Å²) in [5.41, 5.74) is -1.83. The summed E-state index contributed by atoms with van der Waals surface area (Å²) in [7, 11) is -3.30. The SMILES string of the molecule is CCOC(=O)C1(O)CCCS(=O)(=O)C1. The largest absolute Gasteiger partial charge is 0.464 e. The molecule has 1 N–H and O–H groups in total. The second-order valence-corrected chi connectivity index (χ2v) is 5.63. The Morgan fingerprint density at radius 1 is 1.57 bits per heavy atom. The number of hydrogen-bond acceptors (Lipinski definition) is 5. The van der Waals surface area contributed by atoms with Crippen LogP contribution in [0.3, 0.4) is 0 Å². The highest BCUT2D eigenvalue weighted by Crippen LogP contribution is 2.24. The molecular formula is C8H14O5S. The van der Waals surface area contributed by atoms with Crippen molar-refractivity contribution in [2.24, 2.45) is 0 Å². The molecule has 1 aliphatic rings. The number of aliphatic hydroxyl groups is 1. The third-order valence-corrected chi connectivity index (χ3v) is 3.99. The minimum absolute atomic E-state index is 0.0364. The van der Waals surface area contributed by atoms with Gasteiger partial charge in [-0.15, -0.1) is 0 Å². The van der Waals surface area contributed by atoms with Crippen molar-refractivity contribution in [3.05, 3.63) is 0 Å². The third-order valence-electron chi connectivity index (χ3n) is 2.16. The highest BCUT2D eigenvalue weighted by Gasteiger charge is 2.44. The number of sulfone groups is 1. The van der Waals surface area contributed by atoms with Gasteiger partial charge < -0.3 is 9.84 Å². The first kappa shape index (κ1) is 11.5. The van der Waals surface area contributed by atoms with Crippen molar-refractivity contribution in [3.63, 3.8) is 0 Å². The molecule has 6 heteroatoms. The maximum absolute atomic E-state index is 11.3. The average molecular weight is 222 g/mol. The molecule has 1 rings (SSSR count). The summed E-state index contributed by atoms with van der Waals surface area (Å²) in [6.07, 6.45) is 0.461. The summed E-state index contributed by atoms with van der Waals surface area (Å²) in [5, 5.41) is 9.75. The van der Waals surface area contributed by atoms with Crippen molar-refractivity contribution in [2.75, 3.05) is 18.1 Å². The minimum atomic E-state index is -3.30. The standard InChI is InChI=1S/C8H14O5S/c1-2-13-7(9)8(10)4-3-5-14(11,12)6-8/h10H,2-6H2,1H3. The molecule has 0 aromatic heterocycles. The van der Waals surface area contributed by atoms with E-state index >= 15 is 0 Å². The number of ether oxygens (including phenoxy) is 1. The van der Waals surface area contributed by atoms with Gasteiger partial charge in [-0.3, -0.25) is 0 Å². The lowest BCUT2D eigenvalue weighted by molar-refractivity contribution is -0.163. The fraction of sp³-hybridized carbons (Fsp3) is 0.875. The molecule has 0 amide bonds. The van der Waals surface area contributed by atoms with Gasteiger partial charge in [0.15, 0.2) is 15.4 Å². The summed E-state index contributed by atoms with van der Waals surface area (Å²) in [6.45, 7) is 1.75. The Morgan fingerprint density at radius 2 is 2.21 bits per heavy atom. The van der Waals surface area contributed by atoms with Gasteiger partial charge >= 0.3 is 5.97 Å². The van der Waals surface area contributed by atoms with Crippen LogP contribution < -0.4 is 0 Å². The summed E-state index contributed by atoms with van der Waals surface area (Å²) < 4.78 is 27.0. The first-order chi connectivity index (χ1) is 6.40. The molecule has 1 fully saturated rings. The number of rotatable bonds is 2.